The molecule has 1 aliphatic carbocycles. The van der Waals surface area contributed by atoms with Gasteiger partial charge >= 0.3 is 5.97 Å². The van der Waals surface area contributed by atoms with Gasteiger partial charge in [-0.1, -0.05) is 30.9 Å². The number of hydrogen-bond acceptors (Lipinski definition) is 4. The molecule has 0 bridgehead atoms. The average Bonchev–Trinajstić information content (AvgIpc) is 2.69. The lowest BCUT2D eigenvalue weighted by molar-refractivity contribution is -0.140. The largest absolute Gasteiger partial charge is 0.465 e. The first-order chi connectivity index (χ1) is 13.2. The van der Waals surface area contributed by atoms with Crippen molar-refractivity contribution in [3.63, 3.8) is 0 Å². The quantitative estimate of drug-likeness (QED) is 0.538. The number of carbonyl (C=O) groups excluding carboxylic acids is 1. The minimum atomic E-state index is -0.290. The van der Waals surface area contributed by atoms with Crippen LogP contribution in [0, 0.1) is 0 Å². The number of hydrogen-bond donors (Lipinski definition) is 1. The molecule has 2 aliphatic rings. The second-order valence-corrected chi connectivity index (χ2v) is 6.37. The van der Waals surface area contributed by atoms with Crippen LogP contribution in [0.15, 0.2) is 78.1 Å². The SMILES string of the molecule is C=CCC1=C(c2ccccc2NCC(=O)OCC)OC2=C(CCC=C2)C1=C. The van der Waals surface area contributed by atoms with E-state index in [4.69, 9.17) is 9.47 Å². The highest BCUT2D eigenvalue weighted by molar-refractivity contribution is 5.83. The lowest BCUT2D eigenvalue weighted by Gasteiger charge is -2.29. The summed E-state index contributed by atoms with van der Waals surface area (Å²) >= 11 is 0. The molecular formula is C23H25NO3. The van der Waals surface area contributed by atoms with Gasteiger partial charge in [-0.25, -0.2) is 0 Å². The number of anilines is 1. The molecule has 0 unspecified atom stereocenters. The van der Waals surface area contributed by atoms with E-state index in [0.29, 0.717) is 13.0 Å². The summed E-state index contributed by atoms with van der Waals surface area (Å²) in [5, 5.41) is 3.17. The molecule has 0 saturated heterocycles. The topological polar surface area (TPSA) is 47.6 Å². The van der Waals surface area contributed by atoms with Crippen LogP contribution in [0.2, 0.25) is 0 Å². The van der Waals surface area contributed by atoms with Crippen LogP contribution in [0.25, 0.3) is 5.76 Å². The summed E-state index contributed by atoms with van der Waals surface area (Å²) in [5.74, 6) is 1.33. The molecule has 140 valence electrons. The zero-order valence-corrected chi connectivity index (χ0v) is 15.7. The van der Waals surface area contributed by atoms with E-state index in [1.807, 2.05) is 36.4 Å². The Morgan fingerprint density at radius 2 is 2.19 bits per heavy atom. The molecule has 0 radical (unpaired) electrons. The first kappa shape index (κ1) is 18.8. The van der Waals surface area contributed by atoms with Crippen molar-refractivity contribution >= 4 is 17.4 Å². The predicted octanol–water partition coefficient (Wildman–Crippen LogP) is 5.14. The molecule has 1 N–H and O–H groups in total. The fourth-order valence-electron chi connectivity index (χ4n) is 3.32. The monoisotopic (exact) mass is 363 g/mol. The standard InChI is InChI=1S/C23H25NO3/c1-4-10-18-16(3)17-11-7-9-14-21(17)27-23(18)19-12-6-8-13-20(19)24-15-22(25)26-5-2/h4,6,8-9,12-14,24H,1,3,5,7,10-11,15H2,2H3. The van der Waals surface area contributed by atoms with Gasteiger partial charge in [-0.15, -0.1) is 6.58 Å². The van der Waals surface area contributed by atoms with Crippen LogP contribution in [-0.2, 0) is 14.3 Å². The maximum Gasteiger partial charge on any atom is 0.325 e. The van der Waals surface area contributed by atoms with Crippen LogP contribution in [0.1, 0.15) is 31.7 Å². The third kappa shape index (κ3) is 4.05. The van der Waals surface area contributed by atoms with Crippen LogP contribution in [-0.4, -0.2) is 19.1 Å². The summed E-state index contributed by atoms with van der Waals surface area (Å²) in [4.78, 5) is 11.7. The maximum absolute atomic E-state index is 11.7. The normalized spacial score (nSPS) is 16.0. The summed E-state index contributed by atoms with van der Waals surface area (Å²) in [5.41, 5.74) is 4.92. The number of esters is 1. The summed E-state index contributed by atoms with van der Waals surface area (Å²) < 4.78 is 11.3. The molecule has 4 nitrogen and oxygen atoms in total. The molecule has 0 spiro atoms. The lowest BCUT2D eigenvalue weighted by atomic mass is 9.86. The van der Waals surface area contributed by atoms with Gasteiger partial charge < -0.3 is 14.8 Å². The highest BCUT2D eigenvalue weighted by Gasteiger charge is 2.27. The van der Waals surface area contributed by atoms with Crippen LogP contribution in [0.4, 0.5) is 5.69 Å². The Kier molecular flexibility index (Phi) is 5.97. The van der Waals surface area contributed by atoms with Gasteiger partial charge in [-0.2, -0.15) is 0 Å². The van der Waals surface area contributed by atoms with E-state index in [-0.39, 0.29) is 12.5 Å². The molecule has 1 aliphatic heterocycles. The van der Waals surface area contributed by atoms with Gasteiger partial charge in [0.25, 0.3) is 0 Å². The zero-order chi connectivity index (χ0) is 19.2. The van der Waals surface area contributed by atoms with Crippen LogP contribution in [0.5, 0.6) is 0 Å². The molecule has 0 aromatic heterocycles. The Balaban J connectivity index is 1.97. The highest BCUT2D eigenvalue weighted by atomic mass is 16.5. The van der Waals surface area contributed by atoms with Gasteiger partial charge in [-0.3, -0.25) is 4.79 Å². The Morgan fingerprint density at radius 3 is 2.96 bits per heavy atom. The number of para-hydroxylation sites is 1. The number of carbonyl (C=O) groups is 1. The van der Waals surface area contributed by atoms with Crippen molar-refractivity contribution in [1.29, 1.82) is 0 Å². The van der Waals surface area contributed by atoms with Crippen molar-refractivity contribution in [2.24, 2.45) is 0 Å². The zero-order valence-electron chi connectivity index (χ0n) is 15.7. The van der Waals surface area contributed by atoms with E-state index in [1.54, 1.807) is 6.92 Å². The van der Waals surface area contributed by atoms with Gasteiger partial charge in [0.15, 0.2) is 0 Å². The van der Waals surface area contributed by atoms with Crippen LogP contribution < -0.4 is 5.32 Å². The molecule has 1 heterocycles. The number of rotatable bonds is 7. The fourth-order valence-corrected chi connectivity index (χ4v) is 3.32. The Hall–Kier alpha value is -3.01. The van der Waals surface area contributed by atoms with E-state index in [9.17, 15) is 4.79 Å². The summed E-state index contributed by atoms with van der Waals surface area (Å²) in [6.45, 7) is 10.5. The molecule has 1 aromatic rings. The Bertz CT molecular complexity index is 858. The van der Waals surface area contributed by atoms with Gasteiger partial charge in [-0.05, 0) is 50.0 Å². The third-order valence-electron chi connectivity index (χ3n) is 4.59. The molecule has 0 amide bonds. The molecule has 27 heavy (non-hydrogen) atoms. The molecule has 1 aromatic carbocycles. The highest BCUT2D eigenvalue weighted by Crippen LogP contribution is 2.43. The average molecular weight is 363 g/mol. The maximum atomic E-state index is 11.7. The van der Waals surface area contributed by atoms with Crippen molar-refractivity contribution in [2.45, 2.75) is 26.2 Å². The number of nitrogens with one attached hydrogen (secondary N) is 1. The van der Waals surface area contributed by atoms with Crippen molar-refractivity contribution in [3.05, 3.63) is 83.7 Å². The molecule has 3 rings (SSSR count). The van der Waals surface area contributed by atoms with Gasteiger partial charge in [0.05, 0.1) is 6.61 Å². The van der Waals surface area contributed by atoms with E-state index < -0.39 is 0 Å². The van der Waals surface area contributed by atoms with E-state index in [0.717, 1.165) is 52.3 Å². The second kappa shape index (κ2) is 8.58. The van der Waals surface area contributed by atoms with Gasteiger partial charge in [0.1, 0.15) is 18.1 Å². The van der Waals surface area contributed by atoms with Crippen LogP contribution in [0.3, 0.4) is 0 Å². The second-order valence-electron chi connectivity index (χ2n) is 6.37. The summed E-state index contributed by atoms with van der Waals surface area (Å²) in [6.07, 6.45) is 8.59. The molecule has 0 atom stereocenters. The van der Waals surface area contributed by atoms with Gasteiger partial charge in [0, 0.05) is 22.4 Å². The minimum absolute atomic E-state index is 0.101. The van der Waals surface area contributed by atoms with Crippen molar-refractivity contribution in [1.82, 2.24) is 0 Å². The minimum Gasteiger partial charge on any atom is -0.465 e. The van der Waals surface area contributed by atoms with Crippen LogP contribution >= 0.6 is 0 Å². The van der Waals surface area contributed by atoms with Gasteiger partial charge in [0.2, 0.25) is 0 Å². The predicted molar refractivity (Wildman–Crippen MR) is 109 cm³/mol. The molecule has 0 fully saturated rings. The van der Waals surface area contributed by atoms with Crippen molar-refractivity contribution in [2.75, 3.05) is 18.5 Å². The first-order valence-corrected chi connectivity index (χ1v) is 9.25. The molecule has 4 heteroatoms. The summed E-state index contributed by atoms with van der Waals surface area (Å²) in [7, 11) is 0. The van der Waals surface area contributed by atoms with E-state index >= 15 is 0 Å². The fraction of sp³-hybridized carbons (Fsp3) is 0.261. The number of ether oxygens (including phenoxy) is 2. The van der Waals surface area contributed by atoms with Crippen molar-refractivity contribution < 1.29 is 14.3 Å². The van der Waals surface area contributed by atoms with Crippen molar-refractivity contribution in [3.8, 4) is 0 Å². The first-order valence-electron chi connectivity index (χ1n) is 9.25. The third-order valence-corrected chi connectivity index (χ3v) is 4.59. The number of benzene rings is 1. The van der Waals surface area contributed by atoms with E-state index in [2.05, 4.69) is 24.6 Å². The number of allylic oxidation sites excluding steroid dienone is 6. The Morgan fingerprint density at radius 1 is 1.37 bits per heavy atom. The molecule has 0 saturated carbocycles. The van der Waals surface area contributed by atoms with E-state index in [1.165, 1.54) is 0 Å². The smallest absolute Gasteiger partial charge is 0.325 e. The lowest BCUT2D eigenvalue weighted by Crippen LogP contribution is -2.18. The molecular weight excluding hydrogens is 338 g/mol. The summed E-state index contributed by atoms with van der Waals surface area (Å²) in [6, 6.07) is 7.79. The Labute approximate surface area is 160 Å².